The molecule has 0 bridgehead atoms. The van der Waals surface area contributed by atoms with Crippen molar-refractivity contribution in [2.24, 2.45) is 0 Å². The molecule has 0 radical (unpaired) electrons. The molecule has 122 valence electrons. The lowest BCUT2D eigenvalue weighted by Crippen LogP contribution is -2.04. The van der Waals surface area contributed by atoms with Gasteiger partial charge in [0.15, 0.2) is 11.5 Å². The molecule has 0 saturated heterocycles. The Morgan fingerprint density at radius 3 is 2.83 bits per heavy atom. The molecule has 2 aromatic rings. The van der Waals surface area contributed by atoms with E-state index in [9.17, 15) is 0 Å². The highest BCUT2D eigenvalue weighted by atomic mass is 127. The lowest BCUT2D eigenvalue weighted by Gasteiger charge is -2.15. The third-order valence-corrected chi connectivity index (χ3v) is 4.60. The Kier molecular flexibility index (Phi) is 6.59. The monoisotopic (exact) mass is 443 g/mol. The first-order valence-corrected chi connectivity index (χ1v) is 8.61. The van der Waals surface area contributed by atoms with Gasteiger partial charge in [-0.15, -0.1) is 0 Å². The maximum absolute atomic E-state index is 6.15. The molecular weight excluding hydrogens is 425 g/mol. The third-order valence-electron chi connectivity index (χ3n) is 3.39. The van der Waals surface area contributed by atoms with Gasteiger partial charge in [-0.25, -0.2) is 0 Å². The summed E-state index contributed by atoms with van der Waals surface area (Å²) < 4.78 is 12.1. The van der Waals surface area contributed by atoms with Gasteiger partial charge in [-0.2, -0.15) is 0 Å². The number of halogens is 2. The van der Waals surface area contributed by atoms with Crippen LogP contribution >= 0.6 is 34.2 Å². The Hall–Kier alpha value is -1.40. The number of methoxy groups -OCH3 is 1. The van der Waals surface area contributed by atoms with Crippen LogP contribution in [0.1, 0.15) is 11.1 Å². The second-order valence-corrected chi connectivity index (χ2v) is 6.54. The molecule has 0 aromatic heterocycles. The standard InChI is InChI=1S/C18H19ClINO2/c1-4-8-23-18-15(20)9-13(10-17(18)22-3)11-21-16-7-5-6-14(19)12(16)2/h4-7,9-10,21H,1,8,11H2,2-3H3. The Labute approximate surface area is 155 Å². The largest absolute Gasteiger partial charge is 0.493 e. The first kappa shape index (κ1) is 17.9. The maximum atomic E-state index is 6.15. The van der Waals surface area contributed by atoms with Gasteiger partial charge in [-0.1, -0.05) is 30.3 Å². The number of ether oxygens (including phenoxy) is 2. The van der Waals surface area contributed by atoms with Crippen molar-refractivity contribution in [2.45, 2.75) is 13.5 Å². The van der Waals surface area contributed by atoms with Gasteiger partial charge in [0.2, 0.25) is 0 Å². The number of rotatable bonds is 7. The van der Waals surface area contributed by atoms with E-state index in [-0.39, 0.29) is 0 Å². The molecule has 0 heterocycles. The highest BCUT2D eigenvalue weighted by Gasteiger charge is 2.11. The molecule has 2 aromatic carbocycles. The average molecular weight is 444 g/mol. The molecule has 5 heteroatoms. The molecule has 0 unspecified atom stereocenters. The fourth-order valence-electron chi connectivity index (χ4n) is 2.15. The zero-order valence-corrected chi connectivity index (χ0v) is 16.1. The fourth-order valence-corrected chi connectivity index (χ4v) is 3.15. The highest BCUT2D eigenvalue weighted by Crippen LogP contribution is 2.34. The molecule has 0 saturated carbocycles. The summed E-state index contributed by atoms with van der Waals surface area (Å²) in [5.74, 6) is 1.47. The maximum Gasteiger partial charge on any atom is 0.174 e. The summed E-state index contributed by atoms with van der Waals surface area (Å²) in [6.45, 7) is 6.79. The van der Waals surface area contributed by atoms with Crippen LogP contribution in [0.4, 0.5) is 5.69 Å². The van der Waals surface area contributed by atoms with Crippen molar-refractivity contribution in [3.63, 3.8) is 0 Å². The second-order valence-electron chi connectivity index (χ2n) is 4.97. The molecule has 0 aliphatic carbocycles. The van der Waals surface area contributed by atoms with Gasteiger partial charge < -0.3 is 14.8 Å². The second kappa shape index (κ2) is 8.45. The van der Waals surface area contributed by atoms with E-state index >= 15 is 0 Å². The molecule has 3 nitrogen and oxygen atoms in total. The van der Waals surface area contributed by atoms with E-state index in [0.717, 1.165) is 36.9 Å². The van der Waals surface area contributed by atoms with E-state index in [2.05, 4.69) is 40.6 Å². The fraction of sp³-hybridized carbons (Fsp3) is 0.222. The SMILES string of the molecule is C=CCOc1c(I)cc(CNc2cccc(Cl)c2C)cc1OC. The minimum atomic E-state index is 0.450. The predicted octanol–water partition coefficient (Wildman–Crippen LogP) is 5.44. The van der Waals surface area contributed by atoms with Gasteiger partial charge in [-0.3, -0.25) is 0 Å². The smallest absolute Gasteiger partial charge is 0.174 e. The van der Waals surface area contributed by atoms with Crippen molar-refractivity contribution in [1.82, 2.24) is 0 Å². The first-order valence-electron chi connectivity index (χ1n) is 7.16. The topological polar surface area (TPSA) is 30.5 Å². The molecule has 0 aliphatic heterocycles. The summed E-state index contributed by atoms with van der Waals surface area (Å²) in [5, 5.41) is 4.17. The molecule has 0 aliphatic rings. The van der Waals surface area contributed by atoms with Crippen LogP contribution < -0.4 is 14.8 Å². The van der Waals surface area contributed by atoms with Crippen molar-refractivity contribution < 1.29 is 9.47 Å². The van der Waals surface area contributed by atoms with Gasteiger partial charge in [0, 0.05) is 17.3 Å². The number of anilines is 1. The Balaban J connectivity index is 2.18. The lowest BCUT2D eigenvalue weighted by molar-refractivity contribution is 0.324. The Morgan fingerprint density at radius 1 is 1.35 bits per heavy atom. The molecule has 0 amide bonds. The van der Waals surface area contributed by atoms with Crippen molar-refractivity contribution in [2.75, 3.05) is 19.0 Å². The van der Waals surface area contributed by atoms with Crippen LogP contribution in [-0.4, -0.2) is 13.7 Å². The van der Waals surface area contributed by atoms with Crippen LogP contribution in [0.5, 0.6) is 11.5 Å². The zero-order valence-electron chi connectivity index (χ0n) is 13.2. The van der Waals surface area contributed by atoms with Crippen molar-refractivity contribution >= 4 is 39.9 Å². The molecule has 23 heavy (non-hydrogen) atoms. The summed E-state index contributed by atoms with van der Waals surface area (Å²) in [6, 6.07) is 9.90. The summed E-state index contributed by atoms with van der Waals surface area (Å²) in [6.07, 6.45) is 1.72. The van der Waals surface area contributed by atoms with E-state index in [1.54, 1.807) is 13.2 Å². The van der Waals surface area contributed by atoms with Crippen molar-refractivity contribution in [3.8, 4) is 11.5 Å². The zero-order chi connectivity index (χ0) is 16.8. The lowest BCUT2D eigenvalue weighted by atomic mass is 10.1. The van der Waals surface area contributed by atoms with Crippen LogP contribution in [0.2, 0.25) is 5.02 Å². The van der Waals surface area contributed by atoms with Crippen LogP contribution in [0, 0.1) is 10.5 Å². The van der Waals surface area contributed by atoms with E-state index in [0.29, 0.717) is 13.2 Å². The van der Waals surface area contributed by atoms with Crippen LogP contribution in [0.15, 0.2) is 43.0 Å². The van der Waals surface area contributed by atoms with Gasteiger partial charge in [0.1, 0.15) is 6.61 Å². The van der Waals surface area contributed by atoms with Crippen LogP contribution in [0.3, 0.4) is 0 Å². The van der Waals surface area contributed by atoms with Gasteiger partial charge in [0.05, 0.1) is 10.7 Å². The Morgan fingerprint density at radius 2 is 2.13 bits per heavy atom. The van der Waals surface area contributed by atoms with Crippen LogP contribution in [0.25, 0.3) is 0 Å². The third kappa shape index (κ3) is 4.54. The summed E-state index contributed by atoms with van der Waals surface area (Å²) >= 11 is 8.40. The van der Waals surface area contributed by atoms with E-state index < -0.39 is 0 Å². The van der Waals surface area contributed by atoms with Gasteiger partial charge in [0.25, 0.3) is 0 Å². The summed E-state index contributed by atoms with van der Waals surface area (Å²) in [4.78, 5) is 0. The number of nitrogens with one attached hydrogen (secondary N) is 1. The normalized spacial score (nSPS) is 10.3. The Bertz CT molecular complexity index is 704. The minimum absolute atomic E-state index is 0.450. The molecular formula is C18H19ClINO2. The quantitative estimate of drug-likeness (QED) is 0.457. The van der Waals surface area contributed by atoms with Crippen molar-refractivity contribution in [3.05, 3.63) is 62.7 Å². The predicted molar refractivity (Wildman–Crippen MR) is 105 cm³/mol. The number of benzene rings is 2. The summed E-state index contributed by atoms with van der Waals surface area (Å²) in [7, 11) is 1.64. The molecule has 2 rings (SSSR count). The molecule has 0 spiro atoms. The van der Waals surface area contributed by atoms with Gasteiger partial charge >= 0.3 is 0 Å². The van der Waals surface area contributed by atoms with Gasteiger partial charge in [-0.05, 0) is 64.9 Å². The molecule has 0 atom stereocenters. The molecule has 1 N–H and O–H groups in total. The van der Waals surface area contributed by atoms with E-state index in [1.165, 1.54) is 0 Å². The number of hydrogen-bond donors (Lipinski definition) is 1. The highest BCUT2D eigenvalue weighted by molar-refractivity contribution is 14.1. The van der Waals surface area contributed by atoms with E-state index in [4.69, 9.17) is 21.1 Å². The van der Waals surface area contributed by atoms with Crippen LogP contribution in [-0.2, 0) is 6.54 Å². The summed E-state index contributed by atoms with van der Waals surface area (Å²) in [5.41, 5.74) is 3.18. The van der Waals surface area contributed by atoms with Crippen molar-refractivity contribution in [1.29, 1.82) is 0 Å². The number of hydrogen-bond acceptors (Lipinski definition) is 3. The molecule has 0 fully saturated rings. The average Bonchev–Trinajstić information content (AvgIpc) is 2.54. The minimum Gasteiger partial charge on any atom is -0.493 e. The van der Waals surface area contributed by atoms with E-state index in [1.807, 2.05) is 31.2 Å². The first-order chi connectivity index (χ1) is 11.1.